The molecule has 0 amide bonds. The van der Waals surface area contributed by atoms with Gasteiger partial charge in [-0.05, 0) is 37.8 Å². The van der Waals surface area contributed by atoms with Crippen molar-refractivity contribution in [3.8, 4) is 0 Å². The smallest absolute Gasteiger partial charge is 0.0226 e. The fourth-order valence-electron chi connectivity index (χ4n) is 1.73. The van der Waals surface area contributed by atoms with E-state index in [-0.39, 0.29) is 0 Å². The highest BCUT2D eigenvalue weighted by Gasteiger charge is 2.06. The van der Waals surface area contributed by atoms with E-state index in [9.17, 15) is 0 Å². The fourth-order valence-corrected chi connectivity index (χ4v) is 2.04. The fraction of sp³-hybridized carbons (Fsp3) is 1.00. The molecule has 0 heterocycles. The van der Waals surface area contributed by atoms with Crippen LogP contribution in [0.1, 0.15) is 46.5 Å². The molecular formula is C12H26ClN. The van der Waals surface area contributed by atoms with Crippen molar-refractivity contribution < 1.29 is 0 Å². The van der Waals surface area contributed by atoms with Gasteiger partial charge in [-0.15, -0.1) is 11.6 Å². The molecule has 0 spiro atoms. The summed E-state index contributed by atoms with van der Waals surface area (Å²) in [6.45, 7) is 9.11. The van der Waals surface area contributed by atoms with E-state index in [1.807, 2.05) is 0 Å². The maximum atomic E-state index is 5.74. The highest BCUT2D eigenvalue weighted by molar-refractivity contribution is 6.17. The zero-order valence-electron chi connectivity index (χ0n) is 9.98. The van der Waals surface area contributed by atoms with E-state index in [1.54, 1.807) is 0 Å². The number of hydrogen-bond acceptors (Lipinski definition) is 1. The van der Waals surface area contributed by atoms with Gasteiger partial charge in [0, 0.05) is 5.88 Å². The van der Waals surface area contributed by atoms with Gasteiger partial charge in [0.2, 0.25) is 0 Å². The first-order chi connectivity index (χ1) is 6.74. The summed E-state index contributed by atoms with van der Waals surface area (Å²) < 4.78 is 0. The molecule has 0 radical (unpaired) electrons. The van der Waals surface area contributed by atoms with Gasteiger partial charge in [0.25, 0.3) is 0 Å². The Balaban J connectivity index is 3.40. The molecule has 0 rings (SSSR count). The second kappa shape index (κ2) is 9.79. The Morgan fingerprint density at radius 2 is 1.86 bits per heavy atom. The van der Waals surface area contributed by atoms with Crippen LogP contribution >= 0.6 is 11.6 Å². The zero-order valence-corrected chi connectivity index (χ0v) is 10.7. The molecule has 0 saturated heterocycles. The SMILES string of the molecule is CCCC(C)CNCC(CC)CCCl. The van der Waals surface area contributed by atoms with E-state index in [0.717, 1.165) is 37.2 Å². The third kappa shape index (κ3) is 7.64. The minimum Gasteiger partial charge on any atom is -0.316 e. The lowest BCUT2D eigenvalue weighted by molar-refractivity contribution is 0.410. The van der Waals surface area contributed by atoms with Gasteiger partial charge in [-0.3, -0.25) is 0 Å². The highest BCUT2D eigenvalue weighted by Crippen LogP contribution is 2.08. The normalized spacial score (nSPS) is 15.4. The lowest BCUT2D eigenvalue weighted by Crippen LogP contribution is -2.27. The maximum Gasteiger partial charge on any atom is 0.0226 e. The van der Waals surface area contributed by atoms with Crippen molar-refractivity contribution in [1.29, 1.82) is 0 Å². The third-order valence-electron chi connectivity index (χ3n) is 2.80. The Morgan fingerprint density at radius 3 is 2.36 bits per heavy atom. The number of rotatable bonds is 9. The van der Waals surface area contributed by atoms with Gasteiger partial charge in [-0.1, -0.05) is 33.6 Å². The minimum atomic E-state index is 0.765. The van der Waals surface area contributed by atoms with Gasteiger partial charge in [-0.2, -0.15) is 0 Å². The molecule has 0 aromatic carbocycles. The Labute approximate surface area is 94.6 Å². The van der Waals surface area contributed by atoms with Crippen LogP contribution in [0, 0.1) is 11.8 Å². The van der Waals surface area contributed by atoms with E-state index >= 15 is 0 Å². The van der Waals surface area contributed by atoms with Crippen LogP contribution in [-0.2, 0) is 0 Å². The van der Waals surface area contributed by atoms with Crippen molar-refractivity contribution >= 4 is 11.6 Å². The van der Waals surface area contributed by atoms with Crippen molar-refractivity contribution in [3.63, 3.8) is 0 Å². The van der Waals surface area contributed by atoms with Crippen LogP contribution in [-0.4, -0.2) is 19.0 Å². The first-order valence-electron chi connectivity index (χ1n) is 6.01. The van der Waals surface area contributed by atoms with Crippen molar-refractivity contribution in [2.45, 2.75) is 46.5 Å². The van der Waals surface area contributed by atoms with Gasteiger partial charge in [0.1, 0.15) is 0 Å². The molecule has 0 saturated carbocycles. The van der Waals surface area contributed by atoms with Crippen LogP contribution in [0.15, 0.2) is 0 Å². The molecule has 1 nitrogen and oxygen atoms in total. The van der Waals surface area contributed by atoms with E-state index in [0.29, 0.717) is 0 Å². The average molecular weight is 220 g/mol. The van der Waals surface area contributed by atoms with Crippen molar-refractivity contribution in [1.82, 2.24) is 5.32 Å². The highest BCUT2D eigenvalue weighted by atomic mass is 35.5. The summed E-state index contributed by atoms with van der Waals surface area (Å²) in [5.41, 5.74) is 0. The summed E-state index contributed by atoms with van der Waals surface area (Å²) in [7, 11) is 0. The quantitative estimate of drug-likeness (QED) is 0.584. The predicted molar refractivity (Wildman–Crippen MR) is 66.1 cm³/mol. The largest absolute Gasteiger partial charge is 0.316 e. The minimum absolute atomic E-state index is 0.765. The molecule has 0 aromatic rings. The molecule has 0 aromatic heterocycles. The molecule has 0 aliphatic rings. The Kier molecular flexibility index (Phi) is 9.97. The summed E-state index contributed by atoms with van der Waals surface area (Å²) in [5.74, 6) is 2.37. The average Bonchev–Trinajstić information content (AvgIpc) is 2.17. The van der Waals surface area contributed by atoms with Crippen LogP contribution in [0.3, 0.4) is 0 Å². The van der Waals surface area contributed by atoms with E-state index in [1.165, 1.54) is 19.3 Å². The predicted octanol–water partition coefficient (Wildman–Crippen LogP) is 3.67. The standard InChI is InChI=1S/C12H26ClN/c1-4-6-11(3)9-14-10-12(5-2)7-8-13/h11-12,14H,4-10H2,1-3H3. The van der Waals surface area contributed by atoms with Crippen LogP contribution in [0.2, 0.25) is 0 Å². The number of alkyl halides is 1. The first kappa shape index (κ1) is 14.2. The molecule has 0 aliphatic heterocycles. The maximum absolute atomic E-state index is 5.74. The zero-order chi connectivity index (χ0) is 10.8. The molecule has 2 atom stereocenters. The summed E-state index contributed by atoms with van der Waals surface area (Å²) in [6.07, 6.45) is 5.01. The van der Waals surface area contributed by atoms with Crippen LogP contribution in [0.4, 0.5) is 0 Å². The molecule has 1 N–H and O–H groups in total. The van der Waals surface area contributed by atoms with E-state index < -0.39 is 0 Å². The van der Waals surface area contributed by atoms with Crippen LogP contribution in [0.5, 0.6) is 0 Å². The van der Waals surface area contributed by atoms with E-state index in [2.05, 4.69) is 26.1 Å². The Morgan fingerprint density at radius 1 is 1.14 bits per heavy atom. The summed E-state index contributed by atoms with van der Waals surface area (Å²) in [5, 5.41) is 3.55. The Hall–Kier alpha value is 0.250. The summed E-state index contributed by atoms with van der Waals surface area (Å²) >= 11 is 5.74. The van der Waals surface area contributed by atoms with Crippen molar-refractivity contribution in [2.24, 2.45) is 11.8 Å². The van der Waals surface area contributed by atoms with Crippen LogP contribution in [0.25, 0.3) is 0 Å². The van der Waals surface area contributed by atoms with Gasteiger partial charge >= 0.3 is 0 Å². The second-order valence-electron chi connectivity index (χ2n) is 4.30. The summed E-state index contributed by atoms with van der Waals surface area (Å²) in [4.78, 5) is 0. The number of nitrogens with one attached hydrogen (secondary N) is 1. The monoisotopic (exact) mass is 219 g/mol. The first-order valence-corrected chi connectivity index (χ1v) is 6.54. The number of halogens is 1. The lowest BCUT2D eigenvalue weighted by Gasteiger charge is -2.16. The van der Waals surface area contributed by atoms with Gasteiger partial charge in [0.15, 0.2) is 0 Å². The van der Waals surface area contributed by atoms with Crippen molar-refractivity contribution in [2.75, 3.05) is 19.0 Å². The van der Waals surface area contributed by atoms with Gasteiger partial charge in [-0.25, -0.2) is 0 Å². The topological polar surface area (TPSA) is 12.0 Å². The molecule has 0 fully saturated rings. The molecular weight excluding hydrogens is 194 g/mol. The lowest BCUT2D eigenvalue weighted by atomic mass is 10.0. The Bertz CT molecular complexity index is 117. The second-order valence-corrected chi connectivity index (χ2v) is 4.68. The van der Waals surface area contributed by atoms with Crippen LogP contribution < -0.4 is 5.32 Å². The summed E-state index contributed by atoms with van der Waals surface area (Å²) in [6, 6.07) is 0. The van der Waals surface area contributed by atoms with E-state index in [4.69, 9.17) is 11.6 Å². The van der Waals surface area contributed by atoms with Gasteiger partial charge in [0.05, 0.1) is 0 Å². The molecule has 14 heavy (non-hydrogen) atoms. The molecule has 2 heteroatoms. The molecule has 0 aliphatic carbocycles. The molecule has 2 unspecified atom stereocenters. The molecule has 0 bridgehead atoms. The van der Waals surface area contributed by atoms with Gasteiger partial charge < -0.3 is 5.32 Å². The third-order valence-corrected chi connectivity index (χ3v) is 3.02. The number of hydrogen-bond donors (Lipinski definition) is 1. The van der Waals surface area contributed by atoms with Crippen molar-refractivity contribution in [3.05, 3.63) is 0 Å². The molecule has 86 valence electrons.